The molecule has 1 saturated carbocycles. The van der Waals surface area contributed by atoms with Gasteiger partial charge >= 0.3 is 0 Å². The minimum atomic E-state index is -0.614. The van der Waals surface area contributed by atoms with Gasteiger partial charge in [-0.05, 0) is 49.1 Å². The zero-order chi connectivity index (χ0) is 20.1. The Labute approximate surface area is 199 Å². The average molecular weight is 467 g/mol. The molecule has 1 aliphatic heterocycles. The van der Waals surface area contributed by atoms with Gasteiger partial charge in [0, 0.05) is 25.0 Å². The molecule has 0 bridgehead atoms. The Morgan fingerprint density at radius 3 is 2.29 bits per heavy atom. The maximum absolute atomic E-state index is 11.5. The van der Waals surface area contributed by atoms with Crippen molar-refractivity contribution < 1.29 is 9.84 Å². The second-order valence-corrected chi connectivity index (χ2v) is 8.87. The quantitative estimate of drug-likeness (QED) is 0.607. The summed E-state index contributed by atoms with van der Waals surface area (Å²) in [6, 6.07) is 18.9. The van der Waals surface area contributed by atoms with E-state index in [4.69, 9.17) is 10.5 Å². The van der Waals surface area contributed by atoms with E-state index in [0.717, 1.165) is 63.1 Å². The number of ether oxygens (including phenoxy) is 1. The molecule has 6 heteroatoms. The number of rotatable bonds is 7. The van der Waals surface area contributed by atoms with E-state index in [2.05, 4.69) is 29.2 Å². The van der Waals surface area contributed by atoms with E-state index in [-0.39, 0.29) is 36.8 Å². The van der Waals surface area contributed by atoms with Crippen LogP contribution in [-0.2, 0) is 6.61 Å². The van der Waals surface area contributed by atoms with Gasteiger partial charge in [-0.1, -0.05) is 61.7 Å². The lowest BCUT2D eigenvalue weighted by Gasteiger charge is -2.41. The van der Waals surface area contributed by atoms with E-state index in [9.17, 15) is 5.11 Å². The van der Waals surface area contributed by atoms with Crippen LogP contribution in [0.3, 0.4) is 0 Å². The van der Waals surface area contributed by atoms with Crippen LogP contribution < -0.4 is 10.5 Å². The summed E-state index contributed by atoms with van der Waals surface area (Å²) >= 11 is 0. The van der Waals surface area contributed by atoms with Crippen LogP contribution in [0.2, 0.25) is 0 Å². The molecule has 1 saturated heterocycles. The lowest BCUT2D eigenvalue weighted by molar-refractivity contribution is -0.0294. The topological polar surface area (TPSA) is 58.7 Å². The van der Waals surface area contributed by atoms with Gasteiger partial charge in [-0.15, -0.1) is 24.8 Å². The summed E-state index contributed by atoms with van der Waals surface area (Å²) in [5, 5.41) is 11.5. The summed E-state index contributed by atoms with van der Waals surface area (Å²) in [4.78, 5) is 2.43. The van der Waals surface area contributed by atoms with Gasteiger partial charge in [0.2, 0.25) is 0 Å². The fourth-order valence-corrected chi connectivity index (χ4v) is 4.92. The fourth-order valence-electron chi connectivity index (χ4n) is 4.92. The summed E-state index contributed by atoms with van der Waals surface area (Å²) in [7, 11) is 0. The number of aliphatic hydroxyl groups is 1. The Kier molecular flexibility index (Phi) is 10.1. The highest BCUT2D eigenvalue weighted by Crippen LogP contribution is 2.41. The number of hydrogen-bond donors (Lipinski definition) is 2. The zero-order valence-electron chi connectivity index (χ0n) is 18.1. The van der Waals surface area contributed by atoms with Crippen LogP contribution in [0.5, 0.6) is 5.75 Å². The van der Waals surface area contributed by atoms with Gasteiger partial charge in [0.1, 0.15) is 12.4 Å². The van der Waals surface area contributed by atoms with Crippen molar-refractivity contribution >= 4 is 24.8 Å². The SMILES string of the molecule is Cl.Cl.N[C@H]1CCN(CC(c2ccc(OCc3ccccc3)cc2)C2(O)CCCCC2)C1. The summed E-state index contributed by atoms with van der Waals surface area (Å²) in [6.45, 7) is 3.42. The lowest BCUT2D eigenvalue weighted by Crippen LogP contribution is -2.44. The molecule has 1 heterocycles. The maximum atomic E-state index is 11.5. The van der Waals surface area contributed by atoms with Crippen molar-refractivity contribution in [3.63, 3.8) is 0 Å². The van der Waals surface area contributed by atoms with E-state index in [1.807, 2.05) is 30.3 Å². The van der Waals surface area contributed by atoms with Crippen molar-refractivity contribution in [1.29, 1.82) is 0 Å². The minimum Gasteiger partial charge on any atom is -0.489 e. The Hall–Kier alpha value is -1.30. The van der Waals surface area contributed by atoms with Crippen molar-refractivity contribution in [1.82, 2.24) is 4.90 Å². The second kappa shape index (κ2) is 12.1. The summed E-state index contributed by atoms with van der Waals surface area (Å²) in [6.07, 6.45) is 6.30. The molecule has 3 N–H and O–H groups in total. The number of hydrogen-bond acceptors (Lipinski definition) is 4. The van der Waals surface area contributed by atoms with Crippen LogP contribution in [0, 0.1) is 0 Å². The van der Waals surface area contributed by atoms with Gasteiger partial charge in [-0.25, -0.2) is 0 Å². The van der Waals surface area contributed by atoms with Gasteiger partial charge in [-0.2, -0.15) is 0 Å². The Morgan fingerprint density at radius 2 is 1.68 bits per heavy atom. The van der Waals surface area contributed by atoms with Crippen LogP contribution >= 0.6 is 24.8 Å². The molecule has 2 atom stereocenters. The smallest absolute Gasteiger partial charge is 0.119 e. The molecule has 2 fully saturated rings. The van der Waals surface area contributed by atoms with E-state index < -0.39 is 5.60 Å². The first-order valence-electron chi connectivity index (χ1n) is 11.1. The van der Waals surface area contributed by atoms with E-state index >= 15 is 0 Å². The van der Waals surface area contributed by atoms with Crippen LogP contribution in [0.1, 0.15) is 55.6 Å². The minimum absolute atomic E-state index is 0. The number of benzene rings is 2. The average Bonchev–Trinajstić information content (AvgIpc) is 3.17. The van der Waals surface area contributed by atoms with Gasteiger partial charge < -0.3 is 20.5 Å². The number of nitrogens with two attached hydrogens (primary N) is 1. The summed E-state index contributed by atoms with van der Waals surface area (Å²) in [5.41, 5.74) is 7.89. The van der Waals surface area contributed by atoms with Crippen molar-refractivity contribution in [3.8, 4) is 5.75 Å². The largest absolute Gasteiger partial charge is 0.489 e. The van der Waals surface area contributed by atoms with Crippen molar-refractivity contribution in [3.05, 3.63) is 65.7 Å². The molecular formula is C25H36Cl2N2O2. The van der Waals surface area contributed by atoms with Crippen LogP contribution in [0.25, 0.3) is 0 Å². The molecule has 2 aliphatic rings. The van der Waals surface area contributed by atoms with Gasteiger partial charge in [0.25, 0.3) is 0 Å². The number of nitrogens with zero attached hydrogens (tertiary/aromatic N) is 1. The van der Waals surface area contributed by atoms with Gasteiger partial charge in [0.05, 0.1) is 5.60 Å². The third-order valence-electron chi connectivity index (χ3n) is 6.65. The third kappa shape index (κ3) is 6.84. The first-order valence-corrected chi connectivity index (χ1v) is 11.1. The summed E-state index contributed by atoms with van der Waals surface area (Å²) < 4.78 is 5.96. The lowest BCUT2D eigenvalue weighted by atomic mass is 9.72. The Balaban J connectivity index is 0.00000171. The first-order chi connectivity index (χ1) is 14.1. The first kappa shape index (κ1) is 26.0. The highest BCUT2D eigenvalue weighted by atomic mass is 35.5. The van der Waals surface area contributed by atoms with Crippen LogP contribution in [0.15, 0.2) is 54.6 Å². The molecule has 0 spiro atoms. The van der Waals surface area contributed by atoms with E-state index in [1.54, 1.807) is 0 Å². The van der Waals surface area contributed by atoms with E-state index in [0.29, 0.717) is 6.61 Å². The Bertz CT molecular complexity index is 767. The highest BCUT2D eigenvalue weighted by molar-refractivity contribution is 5.85. The molecule has 172 valence electrons. The standard InChI is InChI=1S/C25H34N2O2.2ClH/c26-22-13-16-27(17-22)18-24(25(28)14-5-2-6-15-25)21-9-11-23(12-10-21)29-19-20-7-3-1-4-8-20;;/h1,3-4,7-12,22,24,28H,2,5-6,13-19,26H2;2*1H/t22-,24?;;/m0../s1. The monoisotopic (exact) mass is 466 g/mol. The molecular weight excluding hydrogens is 431 g/mol. The van der Waals surface area contributed by atoms with Crippen molar-refractivity contribution in [2.75, 3.05) is 19.6 Å². The van der Waals surface area contributed by atoms with Gasteiger partial charge in [-0.3, -0.25) is 0 Å². The van der Waals surface area contributed by atoms with E-state index in [1.165, 1.54) is 12.0 Å². The number of likely N-dealkylation sites (tertiary alicyclic amines) is 1. The molecule has 31 heavy (non-hydrogen) atoms. The molecule has 2 aromatic carbocycles. The molecule has 1 aliphatic carbocycles. The fraction of sp³-hybridized carbons (Fsp3) is 0.520. The van der Waals surface area contributed by atoms with Crippen molar-refractivity contribution in [2.45, 2.75) is 62.7 Å². The molecule has 0 radical (unpaired) electrons. The molecule has 0 amide bonds. The highest BCUT2D eigenvalue weighted by Gasteiger charge is 2.40. The van der Waals surface area contributed by atoms with Crippen LogP contribution in [-0.4, -0.2) is 41.3 Å². The molecule has 0 aromatic heterocycles. The predicted octanol–water partition coefficient (Wildman–Crippen LogP) is 4.92. The predicted molar refractivity (Wildman–Crippen MR) is 132 cm³/mol. The molecule has 1 unspecified atom stereocenters. The zero-order valence-corrected chi connectivity index (χ0v) is 19.8. The number of halogens is 2. The normalized spacial score (nSPS) is 21.5. The molecule has 4 rings (SSSR count). The molecule has 4 nitrogen and oxygen atoms in total. The third-order valence-corrected chi connectivity index (χ3v) is 6.65. The molecule has 2 aromatic rings. The van der Waals surface area contributed by atoms with Crippen molar-refractivity contribution in [2.24, 2.45) is 5.73 Å². The second-order valence-electron chi connectivity index (χ2n) is 8.87. The van der Waals surface area contributed by atoms with Crippen LogP contribution in [0.4, 0.5) is 0 Å². The van der Waals surface area contributed by atoms with Gasteiger partial charge in [0.15, 0.2) is 0 Å². The Morgan fingerprint density at radius 1 is 1.00 bits per heavy atom. The summed E-state index contributed by atoms with van der Waals surface area (Å²) in [5.74, 6) is 0.992. The maximum Gasteiger partial charge on any atom is 0.119 e.